The molecule has 0 heterocycles. The van der Waals surface area contributed by atoms with Crippen molar-refractivity contribution in [3.63, 3.8) is 0 Å². The summed E-state index contributed by atoms with van der Waals surface area (Å²) in [5.74, 6) is 1.25. The summed E-state index contributed by atoms with van der Waals surface area (Å²) < 4.78 is 5.46. The molecule has 0 fully saturated rings. The normalized spacial score (nSPS) is 13.6. The summed E-state index contributed by atoms with van der Waals surface area (Å²) in [5.41, 5.74) is 0. The van der Waals surface area contributed by atoms with Gasteiger partial charge in [-0.3, -0.25) is 0 Å². The molecule has 0 N–H and O–H groups in total. The van der Waals surface area contributed by atoms with Gasteiger partial charge in [0.25, 0.3) is 0 Å². The maximum Gasteiger partial charge on any atom is 0.0824 e. The summed E-state index contributed by atoms with van der Waals surface area (Å²) in [6, 6.07) is 0. The van der Waals surface area contributed by atoms with Crippen molar-refractivity contribution >= 4 is 0 Å². The zero-order valence-electron chi connectivity index (χ0n) is 9.21. The average Bonchev–Trinajstić information content (AvgIpc) is 2.03. The van der Waals surface area contributed by atoms with Crippen LogP contribution in [0.4, 0.5) is 0 Å². The molecule has 0 aromatic carbocycles. The van der Waals surface area contributed by atoms with Crippen LogP contribution in [0.1, 0.15) is 40.0 Å². The van der Waals surface area contributed by atoms with Crippen molar-refractivity contribution in [1.82, 2.24) is 0 Å². The second kappa shape index (κ2) is 8.52. The van der Waals surface area contributed by atoms with Gasteiger partial charge in [0.05, 0.1) is 6.61 Å². The lowest BCUT2D eigenvalue weighted by Crippen LogP contribution is -2.05. The van der Waals surface area contributed by atoms with Crippen LogP contribution >= 0.6 is 0 Å². The van der Waals surface area contributed by atoms with E-state index in [0.717, 1.165) is 38.4 Å². The molecule has 13 heavy (non-hydrogen) atoms. The Hall–Kier alpha value is -0.0800. The fourth-order valence-corrected chi connectivity index (χ4v) is 1.05. The van der Waals surface area contributed by atoms with Crippen molar-refractivity contribution in [2.75, 3.05) is 19.8 Å². The highest BCUT2D eigenvalue weighted by molar-refractivity contribution is 4.51. The van der Waals surface area contributed by atoms with Crippen LogP contribution in [0.25, 0.3) is 0 Å². The van der Waals surface area contributed by atoms with Gasteiger partial charge in [0.15, 0.2) is 0 Å². The predicted molar refractivity (Wildman–Crippen MR) is 54.2 cm³/mol. The first-order valence-corrected chi connectivity index (χ1v) is 5.32. The van der Waals surface area contributed by atoms with E-state index in [1.54, 1.807) is 0 Å². The second-order valence-corrected chi connectivity index (χ2v) is 4.18. The van der Waals surface area contributed by atoms with E-state index in [1.807, 2.05) is 0 Å². The first kappa shape index (κ1) is 12.9. The third-order valence-electron chi connectivity index (χ3n) is 2.21. The number of rotatable bonds is 8. The number of hydrogen-bond acceptors (Lipinski definition) is 1. The molecular weight excluding hydrogens is 164 g/mol. The van der Waals surface area contributed by atoms with Crippen LogP contribution in [0.3, 0.4) is 0 Å². The standard InChI is InChI=1S/C11H23O2/c1-10(2)5-8-13-9-6-11(3)4-7-12/h10-11H,4-9H2,1-3H3. The lowest BCUT2D eigenvalue weighted by Gasteiger charge is -2.10. The van der Waals surface area contributed by atoms with Gasteiger partial charge in [-0.05, 0) is 31.1 Å². The predicted octanol–water partition coefficient (Wildman–Crippen LogP) is 2.90. The zero-order valence-corrected chi connectivity index (χ0v) is 9.21. The Kier molecular flexibility index (Phi) is 8.46. The molecule has 0 bridgehead atoms. The third-order valence-corrected chi connectivity index (χ3v) is 2.21. The quantitative estimate of drug-likeness (QED) is 0.537. The Balaban J connectivity index is 3.06. The van der Waals surface area contributed by atoms with Crippen molar-refractivity contribution in [2.45, 2.75) is 40.0 Å². The highest BCUT2D eigenvalue weighted by Crippen LogP contribution is 2.07. The Morgan fingerprint density at radius 2 is 1.62 bits per heavy atom. The summed E-state index contributed by atoms with van der Waals surface area (Å²) in [4.78, 5) is 0. The monoisotopic (exact) mass is 187 g/mol. The molecule has 1 radical (unpaired) electrons. The van der Waals surface area contributed by atoms with E-state index in [4.69, 9.17) is 4.74 Å². The Bertz CT molecular complexity index is 102. The largest absolute Gasteiger partial charge is 0.381 e. The van der Waals surface area contributed by atoms with Crippen LogP contribution in [-0.4, -0.2) is 19.8 Å². The number of hydrogen-bond donors (Lipinski definition) is 0. The van der Waals surface area contributed by atoms with Crippen molar-refractivity contribution in [2.24, 2.45) is 11.8 Å². The molecule has 1 unspecified atom stereocenters. The van der Waals surface area contributed by atoms with Gasteiger partial charge < -0.3 is 4.74 Å². The van der Waals surface area contributed by atoms with Crippen LogP contribution in [0.5, 0.6) is 0 Å². The van der Waals surface area contributed by atoms with Crippen molar-refractivity contribution in [1.29, 1.82) is 0 Å². The summed E-state index contributed by atoms with van der Waals surface area (Å²) in [7, 11) is 0. The molecule has 0 aliphatic carbocycles. The van der Waals surface area contributed by atoms with E-state index in [1.165, 1.54) is 0 Å². The Morgan fingerprint density at radius 3 is 2.15 bits per heavy atom. The Morgan fingerprint density at radius 1 is 1.00 bits per heavy atom. The minimum absolute atomic E-state index is 0.0488. The van der Waals surface area contributed by atoms with E-state index < -0.39 is 0 Å². The fraction of sp³-hybridized carbons (Fsp3) is 1.00. The lowest BCUT2D eigenvalue weighted by atomic mass is 10.1. The summed E-state index contributed by atoms with van der Waals surface area (Å²) in [6.45, 7) is 8.24. The summed E-state index contributed by atoms with van der Waals surface area (Å²) in [5, 5.41) is 10.3. The van der Waals surface area contributed by atoms with Gasteiger partial charge in [0.1, 0.15) is 0 Å². The molecule has 0 aliphatic heterocycles. The first-order valence-electron chi connectivity index (χ1n) is 5.32. The van der Waals surface area contributed by atoms with Crippen molar-refractivity contribution < 1.29 is 9.84 Å². The highest BCUT2D eigenvalue weighted by atomic mass is 16.5. The van der Waals surface area contributed by atoms with E-state index in [-0.39, 0.29) is 6.61 Å². The SMILES string of the molecule is CC(C)CCOCCC(C)CC[O]. The van der Waals surface area contributed by atoms with Crippen LogP contribution in [-0.2, 0) is 9.84 Å². The fourth-order valence-electron chi connectivity index (χ4n) is 1.05. The van der Waals surface area contributed by atoms with Gasteiger partial charge in [-0.2, -0.15) is 0 Å². The van der Waals surface area contributed by atoms with E-state index in [2.05, 4.69) is 20.8 Å². The van der Waals surface area contributed by atoms with Crippen LogP contribution in [0, 0.1) is 11.8 Å². The zero-order chi connectivity index (χ0) is 10.1. The molecule has 2 nitrogen and oxygen atoms in total. The van der Waals surface area contributed by atoms with E-state index >= 15 is 0 Å². The molecule has 1 atom stereocenters. The molecule has 2 heteroatoms. The van der Waals surface area contributed by atoms with Crippen LogP contribution in [0.15, 0.2) is 0 Å². The lowest BCUT2D eigenvalue weighted by molar-refractivity contribution is 0.104. The summed E-state index contributed by atoms with van der Waals surface area (Å²) in [6.07, 6.45) is 2.95. The maximum absolute atomic E-state index is 10.3. The maximum atomic E-state index is 10.3. The average molecular weight is 187 g/mol. The van der Waals surface area contributed by atoms with Gasteiger partial charge in [-0.1, -0.05) is 20.8 Å². The number of ether oxygens (including phenoxy) is 1. The van der Waals surface area contributed by atoms with Gasteiger partial charge in [0, 0.05) is 13.2 Å². The topological polar surface area (TPSA) is 29.1 Å². The molecule has 0 aliphatic rings. The second-order valence-electron chi connectivity index (χ2n) is 4.18. The molecule has 0 saturated heterocycles. The van der Waals surface area contributed by atoms with Gasteiger partial charge in [-0.15, -0.1) is 0 Å². The third kappa shape index (κ3) is 9.84. The molecule has 0 amide bonds. The van der Waals surface area contributed by atoms with Gasteiger partial charge >= 0.3 is 0 Å². The van der Waals surface area contributed by atoms with Gasteiger partial charge in [0.2, 0.25) is 0 Å². The first-order chi connectivity index (χ1) is 6.16. The molecule has 0 saturated carbocycles. The van der Waals surface area contributed by atoms with Crippen molar-refractivity contribution in [3.8, 4) is 0 Å². The van der Waals surface area contributed by atoms with E-state index in [0.29, 0.717) is 5.92 Å². The smallest absolute Gasteiger partial charge is 0.0824 e. The molecule has 0 rings (SSSR count). The molecule has 0 aromatic rings. The van der Waals surface area contributed by atoms with Crippen molar-refractivity contribution in [3.05, 3.63) is 0 Å². The molecule has 79 valence electrons. The van der Waals surface area contributed by atoms with E-state index in [9.17, 15) is 5.11 Å². The minimum Gasteiger partial charge on any atom is -0.381 e. The Labute approximate surface area is 82.3 Å². The molecular formula is C11H23O2. The summed E-state index contributed by atoms with van der Waals surface area (Å²) >= 11 is 0. The van der Waals surface area contributed by atoms with Gasteiger partial charge in [-0.25, -0.2) is 5.11 Å². The molecule has 0 aromatic heterocycles. The highest BCUT2D eigenvalue weighted by Gasteiger charge is 2.01. The van der Waals surface area contributed by atoms with Crippen LogP contribution < -0.4 is 0 Å². The molecule has 0 spiro atoms. The minimum atomic E-state index is 0.0488. The van der Waals surface area contributed by atoms with Crippen LogP contribution in [0.2, 0.25) is 0 Å².